The number of hydrogen-bond acceptors (Lipinski definition) is 3. The second kappa shape index (κ2) is 5.54. The molecule has 1 heterocycles. The summed E-state index contributed by atoms with van der Waals surface area (Å²) in [6.07, 6.45) is 0. The van der Waals surface area contributed by atoms with E-state index >= 15 is 0 Å². The molecule has 1 atom stereocenters. The second-order valence-electron chi connectivity index (χ2n) is 4.06. The van der Waals surface area contributed by atoms with Crippen molar-refractivity contribution in [3.8, 4) is 0 Å². The summed E-state index contributed by atoms with van der Waals surface area (Å²) in [6, 6.07) is 4.02. The minimum atomic E-state index is -1.76. The van der Waals surface area contributed by atoms with E-state index in [9.17, 15) is 17.8 Å². The maximum Gasteiger partial charge on any atom is 0.371 e. The first-order valence-electron chi connectivity index (χ1n) is 5.54. The molecule has 7 heteroatoms. The lowest BCUT2D eigenvalue weighted by atomic mass is 10.3. The van der Waals surface area contributed by atoms with E-state index in [0.29, 0.717) is 17.4 Å². The molecule has 0 radical (unpaired) electrons. The number of aromatic carboxylic acids is 1. The van der Waals surface area contributed by atoms with Crippen LogP contribution in [0.1, 0.15) is 21.9 Å². The van der Waals surface area contributed by atoms with E-state index in [1.54, 1.807) is 0 Å². The van der Waals surface area contributed by atoms with Crippen LogP contribution in [0.5, 0.6) is 0 Å². The molecule has 0 saturated heterocycles. The predicted molar refractivity (Wildman–Crippen MR) is 66.9 cm³/mol. The minimum Gasteiger partial charge on any atom is -0.475 e. The molecule has 2 aromatic rings. The topological polar surface area (TPSA) is 67.5 Å². The zero-order valence-corrected chi connectivity index (χ0v) is 11.2. The third-order valence-electron chi connectivity index (χ3n) is 2.66. The quantitative estimate of drug-likeness (QED) is 0.942. The zero-order valence-electron chi connectivity index (χ0n) is 10.4. The van der Waals surface area contributed by atoms with Gasteiger partial charge >= 0.3 is 5.97 Å². The van der Waals surface area contributed by atoms with Crippen LogP contribution in [0.4, 0.5) is 8.78 Å². The van der Waals surface area contributed by atoms with Crippen LogP contribution in [0.2, 0.25) is 0 Å². The highest BCUT2D eigenvalue weighted by Crippen LogP contribution is 2.21. The van der Waals surface area contributed by atoms with Gasteiger partial charge in [-0.1, -0.05) is 0 Å². The van der Waals surface area contributed by atoms with E-state index in [1.165, 1.54) is 13.0 Å². The van der Waals surface area contributed by atoms with Gasteiger partial charge in [-0.3, -0.25) is 4.21 Å². The van der Waals surface area contributed by atoms with Gasteiger partial charge in [0.15, 0.2) is 0 Å². The maximum absolute atomic E-state index is 13.5. The van der Waals surface area contributed by atoms with Crippen LogP contribution in [0.15, 0.2) is 33.6 Å². The lowest BCUT2D eigenvalue weighted by Crippen LogP contribution is -2.00. The number of rotatable bonds is 4. The Labute approximate surface area is 115 Å². The van der Waals surface area contributed by atoms with Crippen molar-refractivity contribution in [1.82, 2.24) is 0 Å². The lowest BCUT2D eigenvalue weighted by Gasteiger charge is -2.03. The van der Waals surface area contributed by atoms with Crippen LogP contribution in [0.3, 0.4) is 0 Å². The number of carboxylic acids is 1. The Hall–Kier alpha value is -2.02. The van der Waals surface area contributed by atoms with E-state index in [2.05, 4.69) is 0 Å². The summed E-state index contributed by atoms with van der Waals surface area (Å²) in [7, 11) is -1.76. The number of furan rings is 1. The number of hydrogen-bond donors (Lipinski definition) is 1. The van der Waals surface area contributed by atoms with Crippen molar-refractivity contribution in [1.29, 1.82) is 0 Å². The van der Waals surface area contributed by atoms with E-state index in [4.69, 9.17) is 9.52 Å². The number of benzene rings is 1. The van der Waals surface area contributed by atoms with Crippen LogP contribution >= 0.6 is 0 Å². The number of carboxylic acid groups (broad SMARTS) is 1. The first-order valence-corrected chi connectivity index (χ1v) is 6.86. The van der Waals surface area contributed by atoms with Crippen LogP contribution in [-0.2, 0) is 16.6 Å². The first kappa shape index (κ1) is 14.4. The lowest BCUT2D eigenvalue weighted by molar-refractivity contribution is 0.0661. The van der Waals surface area contributed by atoms with Crippen molar-refractivity contribution in [2.45, 2.75) is 17.6 Å². The highest BCUT2D eigenvalue weighted by Gasteiger charge is 2.17. The van der Waals surface area contributed by atoms with Gasteiger partial charge in [-0.05, 0) is 25.1 Å². The highest BCUT2D eigenvalue weighted by molar-refractivity contribution is 7.84. The largest absolute Gasteiger partial charge is 0.475 e. The average Bonchev–Trinajstić information content (AvgIpc) is 2.71. The predicted octanol–water partition coefficient (Wildman–Crippen LogP) is 2.87. The molecule has 106 valence electrons. The zero-order chi connectivity index (χ0) is 14.9. The van der Waals surface area contributed by atoms with Crippen molar-refractivity contribution in [3.63, 3.8) is 0 Å². The van der Waals surface area contributed by atoms with E-state index < -0.39 is 28.4 Å². The standard InChI is InChI=1S/C13H10F2O4S/c1-7-8(4-11(19-7)13(16)17)6-20(18)12-3-2-9(14)5-10(12)15/h2-5H,6H2,1H3,(H,16,17). The molecule has 0 fully saturated rings. The monoisotopic (exact) mass is 300 g/mol. The Kier molecular flexibility index (Phi) is 3.99. The van der Waals surface area contributed by atoms with Gasteiger partial charge in [-0.2, -0.15) is 0 Å². The molecule has 0 aliphatic rings. The summed E-state index contributed by atoms with van der Waals surface area (Å²) < 4.78 is 43.3. The van der Waals surface area contributed by atoms with Crippen LogP contribution in [-0.4, -0.2) is 15.3 Å². The molecule has 1 aromatic carbocycles. The number of halogens is 2. The normalized spacial score (nSPS) is 12.3. The van der Waals surface area contributed by atoms with Crippen molar-refractivity contribution in [2.75, 3.05) is 0 Å². The van der Waals surface area contributed by atoms with Crippen LogP contribution in [0.25, 0.3) is 0 Å². The van der Waals surface area contributed by atoms with Crippen LogP contribution in [0, 0.1) is 18.6 Å². The molecule has 0 bridgehead atoms. The molecule has 0 aliphatic carbocycles. The third kappa shape index (κ3) is 2.93. The minimum absolute atomic E-state index is 0.106. The smallest absolute Gasteiger partial charge is 0.371 e. The molecule has 0 saturated carbocycles. The van der Waals surface area contributed by atoms with Crippen molar-refractivity contribution < 1.29 is 27.3 Å². The van der Waals surface area contributed by atoms with Gasteiger partial charge in [-0.25, -0.2) is 13.6 Å². The van der Waals surface area contributed by atoms with E-state index in [0.717, 1.165) is 12.1 Å². The van der Waals surface area contributed by atoms with Gasteiger partial charge in [0, 0.05) is 11.6 Å². The molecule has 20 heavy (non-hydrogen) atoms. The molecule has 2 rings (SSSR count). The average molecular weight is 300 g/mol. The molecular weight excluding hydrogens is 290 g/mol. The maximum atomic E-state index is 13.5. The van der Waals surface area contributed by atoms with Crippen molar-refractivity contribution in [2.24, 2.45) is 0 Å². The fraction of sp³-hybridized carbons (Fsp3) is 0.154. The van der Waals surface area contributed by atoms with Crippen LogP contribution < -0.4 is 0 Å². The van der Waals surface area contributed by atoms with Gasteiger partial charge in [0.1, 0.15) is 17.4 Å². The Morgan fingerprint density at radius 1 is 1.35 bits per heavy atom. The van der Waals surface area contributed by atoms with Gasteiger partial charge in [0.25, 0.3) is 0 Å². The number of carbonyl (C=O) groups is 1. The molecular formula is C13H10F2O4S. The van der Waals surface area contributed by atoms with E-state index in [-0.39, 0.29) is 16.4 Å². The fourth-order valence-corrected chi connectivity index (χ4v) is 2.87. The van der Waals surface area contributed by atoms with Gasteiger partial charge in [0.05, 0.1) is 21.4 Å². The van der Waals surface area contributed by atoms with Gasteiger partial charge in [-0.15, -0.1) is 0 Å². The molecule has 0 amide bonds. The summed E-state index contributed by atoms with van der Waals surface area (Å²) >= 11 is 0. The van der Waals surface area contributed by atoms with Gasteiger partial charge < -0.3 is 9.52 Å². The molecule has 0 spiro atoms. The highest BCUT2D eigenvalue weighted by atomic mass is 32.2. The van der Waals surface area contributed by atoms with Crippen molar-refractivity contribution in [3.05, 3.63) is 53.0 Å². The molecule has 0 aliphatic heterocycles. The second-order valence-corrected chi connectivity index (χ2v) is 5.48. The summed E-state index contributed by atoms with van der Waals surface area (Å²) in [6.45, 7) is 1.53. The number of aryl methyl sites for hydroxylation is 1. The summed E-state index contributed by atoms with van der Waals surface area (Å²) in [5.74, 6) is -2.96. The first-order chi connectivity index (χ1) is 9.38. The Balaban J connectivity index is 2.25. The van der Waals surface area contributed by atoms with Crippen molar-refractivity contribution >= 4 is 16.8 Å². The Morgan fingerprint density at radius 3 is 2.60 bits per heavy atom. The fourth-order valence-electron chi connectivity index (χ4n) is 1.65. The van der Waals surface area contributed by atoms with E-state index in [1.807, 2.05) is 0 Å². The summed E-state index contributed by atoms with van der Waals surface area (Å²) in [4.78, 5) is 10.6. The Morgan fingerprint density at radius 2 is 2.05 bits per heavy atom. The molecule has 1 aromatic heterocycles. The molecule has 4 nitrogen and oxygen atoms in total. The molecule has 1 unspecified atom stereocenters. The molecule has 1 N–H and O–H groups in total. The third-order valence-corrected chi connectivity index (χ3v) is 4.05. The summed E-state index contributed by atoms with van der Waals surface area (Å²) in [5, 5.41) is 8.78. The Bertz CT molecular complexity index is 694. The SMILES string of the molecule is Cc1oc(C(=O)O)cc1CS(=O)c1ccc(F)cc1F. The summed E-state index contributed by atoms with van der Waals surface area (Å²) in [5.41, 5.74) is 0.407. The van der Waals surface area contributed by atoms with Gasteiger partial charge in [0.2, 0.25) is 5.76 Å².